The summed E-state index contributed by atoms with van der Waals surface area (Å²) in [6.07, 6.45) is 3.68. The molecule has 0 N–H and O–H groups in total. The Morgan fingerprint density at radius 1 is 1.33 bits per heavy atom. The average Bonchev–Trinajstić information content (AvgIpc) is 2.85. The van der Waals surface area contributed by atoms with E-state index in [4.69, 9.17) is 11.6 Å². The predicted molar refractivity (Wildman–Crippen MR) is 66.2 cm³/mol. The largest absolute Gasteiger partial charge is 0.332 e. The molecule has 0 aliphatic carbocycles. The first-order valence-corrected chi connectivity index (χ1v) is 6.04. The molecule has 0 atom stereocenters. The van der Waals surface area contributed by atoms with Gasteiger partial charge in [-0.1, -0.05) is 17.7 Å². The third-order valence-electron chi connectivity index (χ3n) is 2.97. The van der Waals surface area contributed by atoms with Gasteiger partial charge in [0.1, 0.15) is 16.7 Å². The molecule has 0 unspecified atom stereocenters. The van der Waals surface area contributed by atoms with E-state index in [1.54, 1.807) is 29.3 Å². The minimum Gasteiger partial charge on any atom is -0.332 e. The minimum absolute atomic E-state index is 0.105. The molecule has 18 heavy (non-hydrogen) atoms. The van der Waals surface area contributed by atoms with Crippen molar-refractivity contribution in [3.05, 3.63) is 47.3 Å². The summed E-state index contributed by atoms with van der Waals surface area (Å²) in [6, 6.07) is 5.06. The van der Waals surface area contributed by atoms with Crippen LogP contribution >= 0.6 is 11.6 Å². The maximum absolute atomic E-state index is 12.3. The second-order valence-electron chi connectivity index (χ2n) is 4.11. The molecule has 2 aromatic rings. The molecular weight excluding hydrogens is 252 g/mol. The van der Waals surface area contributed by atoms with Gasteiger partial charge in [-0.25, -0.2) is 9.97 Å². The number of hydrogen-bond donors (Lipinski definition) is 0. The van der Waals surface area contributed by atoms with Crippen molar-refractivity contribution in [3.8, 4) is 0 Å². The number of pyridine rings is 1. The summed E-state index contributed by atoms with van der Waals surface area (Å²) in [6.45, 7) is 1.94. The molecule has 5 nitrogen and oxygen atoms in total. The third kappa shape index (κ3) is 1.97. The molecule has 92 valence electrons. The number of fused-ring (bicyclic) bond motifs is 1. The van der Waals surface area contributed by atoms with Gasteiger partial charge in [-0.15, -0.1) is 0 Å². The van der Waals surface area contributed by atoms with Crippen molar-refractivity contribution >= 4 is 17.5 Å². The van der Waals surface area contributed by atoms with Gasteiger partial charge in [0, 0.05) is 25.5 Å². The van der Waals surface area contributed by atoms with Gasteiger partial charge in [-0.3, -0.25) is 4.79 Å². The van der Waals surface area contributed by atoms with E-state index in [0.717, 1.165) is 12.4 Å². The van der Waals surface area contributed by atoms with Crippen LogP contribution < -0.4 is 0 Å². The summed E-state index contributed by atoms with van der Waals surface area (Å²) in [7, 11) is 0. The number of nitrogens with zero attached hydrogens (tertiary/aromatic N) is 4. The molecule has 6 heteroatoms. The van der Waals surface area contributed by atoms with Gasteiger partial charge in [0.05, 0.1) is 6.54 Å². The van der Waals surface area contributed by atoms with Crippen LogP contribution in [0.1, 0.15) is 16.3 Å². The lowest BCUT2D eigenvalue weighted by atomic mass is 10.3. The van der Waals surface area contributed by atoms with Gasteiger partial charge in [0.25, 0.3) is 5.91 Å². The topological polar surface area (TPSA) is 51.0 Å². The highest BCUT2D eigenvalue weighted by molar-refractivity contribution is 6.29. The Hall–Kier alpha value is -1.88. The van der Waals surface area contributed by atoms with E-state index >= 15 is 0 Å². The molecule has 0 radical (unpaired) electrons. The molecule has 3 rings (SSSR count). The maximum Gasteiger partial charge on any atom is 0.272 e. The van der Waals surface area contributed by atoms with Crippen molar-refractivity contribution in [2.24, 2.45) is 0 Å². The summed E-state index contributed by atoms with van der Waals surface area (Å²) in [5, 5.41) is 0.333. The van der Waals surface area contributed by atoms with Crippen molar-refractivity contribution in [1.29, 1.82) is 0 Å². The minimum atomic E-state index is -0.105. The maximum atomic E-state index is 12.3. The first kappa shape index (κ1) is 11.2. The van der Waals surface area contributed by atoms with Gasteiger partial charge in [-0.2, -0.15) is 0 Å². The Morgan fingerprint density at radius 3 is 3.06 bits per heavy atom. The van der Waals surface area contributed by atoms with Crippen LogP contribution in [0.5, 0.6) is 0 Å². The fraction of sp³-hybridized carbons (Fsp3) is 0.250. The number of hydrogen-bond acceptors (Lipinski definition) is 3. The van der Waals surface area contributed by atoms with Crippen molar-refractivity contribution in [2.75, 3.05) is 6.54 Å². The molecule has 1 aliphatic rings. The second-order valence-corrected chi connectivity index (χ2v) is 4.50. The number of rotatable bonds is 1. The fourth-order valence-electron chi connectivity index (χ4n) is 2.04. The van der Waals surface area contributed by atoms with Gasteiger partial charge >= 0.3 is 0 Å². The smallest absolute Gasteiger partial charge is 0.272 e. The lowest BCUT2D eigenvalue weighted by Gasteiger charge is -2.27. The number of aromatic nitrogens is 3. The van der Waals surface area contributed by atoms with Crippen LogP contribution in [0.4, 0.5) is 0 Å². The number of carbonyl (C=O) groups is 1. The average molecular weight is 263 g/mol. The molecule has 3 heterocycles. The van der Waals surface area contributed by atoms with E-state index in [0.29, 0.717) is 23.9 Å². The van der Waals surface area contributed by atoms with Crippen molar-refractivity contribution in [3.63, 3.8) is 0 Å². The van der Waals surface area contributed by atoms with Crippen molar-refractivity contribution < 1.29 is 4.79 Å². The van der Waals surface area contributed by atoms with E-state index in [1.165, 1.54) is 0 Å². The van der Waals surface area contributed by atoms with E-state index < -0.39 is 0 Å². The van der Waals surface area contributed by atoms with Gasteiger partial charge in [0.15, 0.2) is 0 Å². The monoisotopic (exact) mass is 262 g/mol. The van der Waals surface area contributed by atoms with E-state index in [-0.39, 0.29) is 5.91 Å². The normalized spacial score (nSPS) is 14.4. The number of carbonyl (C=O) groups excluding carboxylic acids is 1. The fourth-order valence-corrected chi connectivity index (χ4v) is 2.20. The summed E-state index contributed by atoms with van der Waals surface area (Å²) in [4.78, 5) is 22.3. The number of amides is 1. The molecule has 0 saturated heterocycles. The van der Waals surface area contributed by atoms with Crippen LogP contribution in [0.15, 0.2) is 30.6 Å². The third-order valence-corrected chi connectivity index (χ3v) is 3.18. The van der Waals surface area contributed by atoms with Crippen molar-refractivity contribution in [2.45, 2.75) is 13.1 Å². The van der Waals surface area contributed by atoms with Crippen molar-refractivity contribution in [1.82, 2.24) is 19.4 Å². The highest BCUT2D eigenvalue weighted by Crippen LogP contribution is 2.14. The summed E-state index contributed by atoms with van der Waals surface area (Å²) >= 11 is 5.79. The van der Waals surface area contributed by atoms with E-state index in [9.17, 15) is 4.79 Å². The zero-order valence-electron chi connectivity index (χ0n) is 9.58. The quantitative estimate of drug-likeness (QED) is 0.734. The predicted octanol–water partition coefficient (Wildman–Crippen LogP) is 1.59. The first-order chi connectivity index (χ1) is 8.74. The summed E-state index contributed by atoms with van der Waals surface area (Å²) in [5.74, 6) is 0.795. The van der Waals surface area contributed by atoms with Crippen LogP contribution in [0.25, 0.3) is 0 Å². The molecule has 1 amide bonds. The van der Waals surface area contributed by atoms with E-state index in [2.05, 4.69) is 14.5 Å². The molecule has 2 aromatic heterocycles. The first-order valence-electron chi connectivity index (χ1n) is 5.66. The zero-order chi connectivity index (χ0) is 12.5. The van der Waals surface area contributed by atoms with Crippen LogP contribution in [0.2, 0.25) is 5.15 Å². The second kappa shape index (κ2) is 4.42. The lowest BCUT2D eigenvalue weighted by molar-refractivity contribution is 0.0701. The Kier molecular flexibility index (Phi) is 2.76. The lowest BCUT2D eigenvalue weighted by Crippen LogP contribution is -2.38. The molecule has 0 spiro atoms. The van der Waals surface area contributed by atoms with Crippen LogP contribution in [0.3, 0.4) is 0 Å². The molecule has 0 saturated carbocycles. The standard InChI is InChI=1S/C12H11ClN4O/c13-10-3-1-2-9(15-10)12(18)17-7-6-16-5-4-14-11(16)8-17/h1-5H,6-8H2. The van der Waals surface area contributed by atoms with E-state index in [1.807, 2.05) is 6.20 Å². The van der Waals surface area contributed by atoms with Gasteiger partial charge in [-0.05, 0) is 12.1 Å². The van der Waals surface area contributed by atoms with Gasteiger partial charge < -0.3 is 9.47 Å². The Balaban J connectivity index is 1.83. The molecule has 1 aliphatic heterocycles. The van der Waals surface area contributed by atoms with Crippen LogP contribution in [0, 0.1) is 0 Å². The Bertz CT molecular complexity index is 595. The zero-order valence-corrected chi connectivity index (χ0v) is 10.3. The SMILES string of the molecule is O=C(c1cccc(Cl)n1)N1CCn2ccnc2C1. The highest BCUT2D eigenvalue weighted by atomic mass is 35.5. The summed E-state index contributed by atoms with van der Waals surface area (Å²) < 4.78 is 2.05. The Morgan fingerprint density at radius 2 is 2.22 bits per heavy atom. The van der Waals surface area contributed by atoms with Crippen LogP contribution in [-0.2, 0) is 13.1 Å². The molecule has 0 bridgehead atoms. The highest BCUT2D eigenvalue weighted by Gasteiger charge is 2.23. The molecule has 0 fully saturated rings. The van der Waals surface area contributed by atoms with Gasteiger partial charge in [0.2, 0.25) is 0 Å². The number of imidazole rings is 1. The molecule has 0 aromatic carbocycles. The Labute approximate surface area is 109 Å². The summed E-state index contributed by atoms with van der Waals surface area (Å²) in [5.41, 5.74) is 0.377. The molecular formula is C12H11ClN4O. The number of halogens is 1. The van der Waals surface area contributed by atoms with Crippen LogP contribution in [-0.4, -0.2) is 31.9 Å².